The lowest BCUT2D eigenvalue weighted by Gasteiger charge is -2.39. The summed E-state index contributed by atoms with van der Waals surface area (Å²) in [5.74, 6) is -2.48. The molecule has 2 aromatic carbocycles. The van der Waals surface area contributed by atoms with Crippen molar-refractivity contribution in [2.24, 2.45) is 0 Å². The van der Waals surface area contributed by atoms with Gasteiger partial charge in [0.15, 0.2) is 0 Å². The van der Waals surface area contributed by atoms with Crippen molar-refractivity contribution in [2.75, 3.05) is 21.3 Å². The highest BCUT2D eigenvalue weighted by atomic mass is 16.5. The predicted octanol–water partition coefficient (Wildman–Crippen LogP) is 0.884. The zero-order valence-electron chi connectivity index (χ0n) is 17.6. The minimum atomic E-state index is -2.78. The predicted molar refractivity (Wildman–Crippen MR) is 109 cm³/mol. The van der Waals surface area contributed by atoms with Crippen LogP contribution in [-0.4, -0.2) is 59.8 Å². The van der Waals surface area contributed by atoms with E-state index in [-0.39, 0.29) is 17.7 Å². The van der Waals surface area contributed by atoms with Crippen LogP contribution in [0.15, 0.2) is 59.8 Å². The van der Waals surface area contributed by atoms with Crippen LogP contribution in [-0.2, 0) is 31.3 Å². The highest BCUT2D eigenvalue weighted by Crippen LogP contribution is 2.57. The minimum absolute atomic E-state index is 0.0301. The number of esters is 2. The van der Waals surface area contributed by atoms with E-state index in [2.05, 4.69) is 0 Å². The molecule has 2 N–H and O–H groups in total. The van der Waals surface area contributed by atoms with Gasteiger partial charge >= 0.3 is 11.9 Å². The first kappa shape index (κ1) is 21.5. The first-order chi connectivity index (χ1) is 15.2. The van der Waals surface area contributed by atoms with Crippen molar-refractivity contribution in [3.8, 4) is 5.75 Å². The van der Waals surface area contributed by atoms with Crippen molar-refractivity contribution in [1.29, 1.82) is 0 Å². The Kier molecular flexibility index (Phi) is 5.03. The standard InChI is InChI=1S/C23H21NO8/c1-30-14-10-8-13(9-11-14)12-24-18(21(27)32-3)17(20(26)31-2)22(28)19(25)15-6-4-5-7-16(15)23(22,24)29/h4-11,28-29H,12H2,1-3H3/t22-,23+/m0/s1. The molecule has 1 aliphatic heterocycles. The third-order valence-corrected chi connectivity index (χ3v) is 5.91. The van der Waals surface area contributed by atoms with Gasteiger partial charge in [-0.05, 0) is 17.7 Å². The Balaban J connectivity index is 1.99. The van der Waals surface area contributed by atoms with Crippen LogP contribution in [0.5, 0.6) is 5.75 Å². The van der Waals surface area contributed by atoms with Crippen LogP contribution in [0, 0.1) is 0 Å². The van der Waals surface area contributed by atoms with E-state index in [1.807, 2.05) is 0 Å². The van der Waals surface area contributed by atoms with E-state index in [1.54, 1.807) is 36.4 Å². The molecule has 0 spiro atoms. The highest BCUT2D eigenvalue weighted by molar-refractivity contribution is 6.18. The number of carbonyl (C=O) groups is 3. The summed E-state index contributed by atoms with van der Waals surface area (Å²) in [6.07, 6.45) is 0. The van der Waals surface area contributed by atoms with Gasteiger partial charge in [-0.3, -0.25) is 4.79 Å². The van der Waals surface area contributed by atoms with Crippen molar-refractivity contribution in [3.63, 3.8) is 0 Å². The number of Topliss-reactive ketones (excluding diaryl/α,β-unsaturated/α-hetero) is 1. The number of hydrogen-bond donors (Lipinski definition) is 2. The van der Waals surface area contributed by atoms with E-state index < -0.39 is 40.3 Å². The summed E-state index contributed by atoms with van der Waals surface area (Å²) in [7, 11) is 3.65. The van der Waals surface area contributed by atoms with Gasteiger partial charge in [0.25, 0.3) is 0 Å². The average Bonchev–Trinajstić information content (AvgIpc) is 3.13. The molecular weight excluding hydrogens is 418 g/mol. The van der Waals surface area contributed by atoms with Crippen molar-refractivity contribution < 1.29 is 38.8 Å². The van der Waals surface area contributed by atoms with Gasteiger partial charge in [-0.25, -0.2) is 9.59 Å². The van der Waals surface area contributed by atoms with Crippen LogP contribution in [0.2, 0.25) is 0 Å². The van der Waals surface area contributed by atoms with E-state index in [0.717, 1.165) is 19.1 Å². The van der Waals surface area contributed by atoms with Crippen LogP contribution in [0.25, 0.3) is 0 Å². The number of benzene rings is 2. The van der Waals surface area contributed by atoms with E-state index >= 15 is 0 Å². The molecule has 0 fully saturated rings. The Morgan fingerprint density at radius 2 is 1.56 bits per heavy atom. The topological polar surface area (TPSA) is 123 Å². The van der Waals surface area contributed by atoms with Gasteiger partial charge < -0.3 is 29.3 Å². The zero-order valence-corrected chi connectivity index (χ0v) is 17.6. The van der Waals surface area contributed by atoms with Gasteiger partial charge in [0.2, 0.25) is 17.1 Å². The summed E-state index contributed by atoms with van der Waals surface area (Å²) in [4.78, 5) is 40.0. The fourth-order valence-corrected chi connectivity index (χ4v) is 4.39. The number of methoxy groups -OCH3 is 3. The van der Waals surface area contributed by atoms with Gasteiger partial charge in [0, 0.05) is 17.7 Å². The highest BCUT2D eigenvalue weighted by Gasteiger charge is 2.74. The SMILES string of the molecule is COC(=O)C1=C(C(=O)OC)[C@]2(O)C(=O)c3ccccc3[C@]2(O)N1Cc1ccc(OC)cc1. The minimum Gasteiger partial charge on any atom is -0.497 e. The molecule has 9 nitrogen and oxygen atoms in total. The maximum atomic E-state index is 13.3. The molecule has 1 aliphatic carbocycles. The Morgan fingerprint density at radius 3 is 2.16 bits per heavy atom. The third-order valence-electron chi connectivity index (χ3n) is 5.91. The molecule has 9 heteroatoms. The monoisotopic (exact) mass is 439 g/mol. The third kappa shape index (κ3) is 2.61. The van der Waals surface area contributed by atoms with Gasteiger partial charge in [-0.1, -0.05) is 36.4 Å². The first-order valence-corrected chi connectivity index (χ1v) is 9.66. The molecule has 166 valence electrons. The quantitative estimate of drug-likeness (QED) is 0.654. The molecule has 2 aliphatic rings. The Bertz CT molecular complexity index is 1150. The number of nitrogens with zero attached hydrogens (tertiary/aromatic N) is 1. The number of fused-ring (bicyclic) bond motifs is 3. The molecule has 0 saturated heterocycles. The summed E-state index contributed by atoms with van der Waals surface area (Å²) >= 11 is 0. The molecule has 0 radical (unpaired) electrons. The fraction of sp³-hybridized carbons (Fsp3) is 0.261. The molecule has 0 aromatic heterocycles. The smallest absolute Gasteiger partial charge is 0.355 e. The maximum Gasteiger partial charge on any atom is 0.355 e. The number of ether oxygens (including phenoxy) is 3. The van der Waals surface area contributed by atoms with Crippen molar-refractivity contribution in [3.05, 3.63) is 76.5 Å². The van der Waals surface area contributed by atoms with Crippen molar-refractivity contribution in [2.45, 2.75) is 17.9 Å². The van der Waals surface area contributed by atoms with Crippen LogP contribution in [0.1, 0.15) is 21.5 Å². The second-order valence-electron chi connectivity index (χ2n) is 7.40. The van der Waals surface area contributed by atoms with Crippen molar-refractivity contribution in [1.82, 2.24) is 4.90 Å². The second kappa shape index (κ2) is 7.47. The largest absolute Gasteiger partial charge is 0.497 e. The Hall–Kier alpha value is -3.69. The molecule has 2 aromatic rings. The number of ketones is 1. The second-order valence-corrected chi connectivity index (χ2v) is 7.40. The van der Waals surface area contributed by atoms with Gasteiger partial charge in [0.1, 0.15) is 17.0 Å². The fourth-order valence-electron chi connectivity index (χ4n) is 4.39. The number of rotatable bonds is 5. The van der Waals surface area contributed by atoms with Gasteiger partial charge in [-0.15, -0.1) is 0 Å². The lowest BCUT2D eigenvalue weighted by molar-refractivity contribution is -0.180. The summed E-state index contributed by atoms with van der Waals surface area (Å²) < 4.78 is 14.8. The maximum absolute atomic E-state index is 13.3. The van der Waals surface area contributed by atoms with Crippen molar-refractivity contribution >= 4 is 17.7 Å². The summed E-state index contributed by atoms with van der Waals surface area (Å²) in [6, 6.07) is 12.8. The van der Waals surface area contributed by atoms with E-state index in [1.165, 1.54) is 19.2 Å². The molecule has 2 atom stereocenters. The number of carbonyl (C=O) groups excluding carboxylic acids is 3. The van der Waals surface area contributed by atoms with Gasteiger partial charge in [-0.2, -0.15) is 0 Å². The van der Waals surface area contributed by atoms with Crippen LogP contribution >= 0.6 is 0 Å². The molecule has 32 heavy (non-hydrogen) atoms. The Morgan fingerprint density at radius 1 is 0.938 bits per heavy atom. The molecule has 0 amide bonds. The summed E-state index contributed by atoms with van der Waals surface area (Å²) in [5.41, 5.74) is -5.67. The molecule has 4 rings (SSSR count). The van der Waals surface area contributed by atoms with E-state index in [0.29, 0.717) is 11.3 Å². The average molecular weight is 439 g/mol. The summed E-state index contributed by atoms with van der Waals surface area (Å²) in [5, 5.41) is 23.6. The molecule has 0 saturated carbocycles. The zero-order chi connectivity index (χ0) is 23.3. The van der Waals surface area contributed by atoms with E-state index in [9.17, 15) is 24.6 Å². The molecular formula is C23H21NO8. The summed E-state index contributed by atoms with van der Waals surface area (Å²) in [6.45, 7) is -0.144. The molecule has 0 unspecified atom stereocenters. The van der Waals surface area contributed by atoms with Crippen LogP contribution in [0.3, 0.4) is 0 Å². The molecule has 0 bridgehead atoms. The lowest BCUT2D eigenvalue weighted by Crippen LogP contribution is -2.57. The van der Waals surface area contributed by atoms with Crippen LogP contribution in [0.4, 0.5) is 0 Å². The first-order valence-electron chi connectivity index (χ1n) is 9.66. The number of hydrogen-bond acceptors (Lipinski definition) is 9. The number of aliphatic hydroxyl groups is 2. The molecule has 1 heterocycles. The lowest BCUT2D eigenvalue weighted by atomic mass is 9.85. The normalized spacial score (nSPS) is 23.7. The van der Waals surface area contributed by atoms with Gasteiger partial charge in [0.05, 0.1) is 21.3 Å². The van der Waals surface area contributed by atoms with E-state index in [4.69, 9.17) is 14.2 Å². The Labute approximate surface area is 183 Å². The van der Waals surface area contributed by atoms with Crippen LogP contribution < -0.4 is 4.74 Å².